The molecule has 2 rings (SSSR count). The van der Waals surface area contributed by atoms with Crippen LogP contribution in [-0.4, -0.2) is 24.1 Å². The molecule has 0 saturated heterocycles. The number of benzene rings is 1. The van der Waals surface area contributed by atoms with Crippen molar-refractivity contribution in [3.05, 3.63) is 41.0 Å². The van der Waals surface area contributed by atoms with Crippen LogP contribution in [0, 0.1) is 0 Å². The lowest BCUT2D eigenvalue weighted by atomic mass is 10.1. The second-order valence-electron chi connectivity index (χ2n) is 4.47. The van der Waals surface area contributed by atoms with Gasteiger partial charge in [0.25, 0.3) is 0 Å². The average molecular weight is 293 g/mol. The second-order valence-corrected chi connectivity index (χ2v) is 4.85. The molecule has 1 heterocycles. The van der Waals surface area contributed by atoms with Crippen LogP contribution in [0.5, 0.6) is 5.75 Å². The summed E-state index contributed by atoms with van der Waals surface area (Å²) in [4.78, 5) is 10.0. The predicted molar refractivity (Wildman–Crippen MR) is 81.3 cm³/mol. The summed E-state index contributed by atoms with van der Waals surface area (Å²) in [6.45, 7) is 2.08. The molecule has 0 spiro atoms. The van der Waals surface area contributed by atoms with Gasteiger partial charge in [-0.05, 0) is 24.6 Å². The highest BCUT2D eigenvalue weighted by molar-refractivity contribution is 6.29. The second kappa shape index (κ2) is 5.96. The van der Waals surface area contributed by atoms with Crippen LogP contribution in [0.2, 0.25) is 5.15 Å². The summed E-state index contributed by atoms with van der Waals surface area (Å²) in [6.07, 6.45) is 0. The van der Waals surface area contributed by atoms with Gasteiger partial charge in [-0.25, -0.2) is 4.98 Å². The Hall–Kier alpha value is -2.01. The van der Waals surface area contributed by atoms with Gasteiger partial charge in [0.2, 0.25) is 5.95 Å². The molecule has 20 heavy (non-hydrogen) atoms. The maximum atomic E-state index is 5.91. The van der Waals surface area contributed by atoms with Gasteiger partial charge in [0.15, 0.2) is 0 Å². The van der Waals surface area contributed by atoms with Crippen LogP contribution < -0.4 is 15.4 Å². The zero-order valence-corrected chi connectivity index (χ0v) is 12.4. The first kappa shape index (κ1) is 14.4. The topological polar surface area (TPSA) is 64.3 Å². The third-order valence-electron chi connectivity index (χ3n) is 3.24. The molecule has 0 aliphatic carbocycles. The number of hydrogen-bond donors (Lipinski definition) is 1. The Kier molecular flexibility index (Phi) is 4.29. The number of halogens is 1. The molecule has 106 valence electrons. The molecule has 6 heteroatoms. The highest BCUT2D eigenvalue weighted by Gasteiger charge is 2.15. The van der Waals surface area contributed by atoms with Crippen molar-refractivity contribution < 1.29 is 4.74 Å². The van der Waals surface area contributed by atoms with Crippen molar-refractivity contribution in [3.8, 4) is 5.75 Å². The monoisotopic (exact) mass is 292 g/mol. The molecule has 1 aromatic heterocycles. The minimum absolute atomic E-state index is 0.117. The molecule has 1 unspecified atom stereocenters. The van der Waals surface area contributed by atoms with Crippen LogP contribution in [0.15, 0.2) is 30.3 Å². The number of ether oxygens (including phenoxy) is 1. The van der Waals surface area contributed by atoms with E-state index in [1.54, 1.807) is 13.2 Å². The van der Waals surface area contributed by atoms with Gasteiger partial charge in [-0.1, -0.05) is 23.7 Å². The zero-order valence-electron chi connectivity index (χ0n) is 11.7. The van der Waals surface area contributed by atoms with E-state index in [1.807, 2.05) is 36.2 Å². The van der Waals surface area contributed by atoms with Crippen molar-refractivity contribution in [2.75, 3.05) is 24.8 Å². The van der Waals surface area contributed by atoms with Gasteiger partial charge in [0.05, 0.1) is 13.2 Å². The standard InChI is InChI=1S/C14H17ClN4O/c1-9(10-4-6-11(20-3)7-5-10)19(2)13-8-12(15)17-14(16)18-13/h4-9H,1-3H3,(H2,16,17,18). The number of methoxy groups -OCH3 is 1. The van der Waals surface area contributed by atoms with E-state index < -0.39 is 0 Å². The van der Waals surface area contributed by atoms with Gasteiger partial charge >= 0.3 is 0 Å². The minimum Gasteiger partial charge on any atom is -0.497 e. The molecule has 0 fully saturated rings. The fourth-order valence-corrected chi connectivity index (χ4v) is 2.09. The van der Waals surface area contributed by atoms with E-state index in [2.05, 4.69) is 16.9 Å². The fraction of sp³-hybridized carbons (Fsp3) is 0.286. The summed E-state index contributed by atoms with van der Waals surface area (Å²) in [5, 5.41) is 0.335. The third kappa shape index (κ3) is 3.11. The Morgan fingerprint density at radius 3 is 2.45 bits per heavy atom. The summed E-state index contributed by atoms with van der Waals surface area (Å²) >= 11 is 5.91. The number of aromatic nitrogens is 2. The quantitative estimate of drug-likeness (QED) is 0.878. The molecule has 1 atom stereocenters. The summed E-state index contributed by atoms with van der Waals surface area (Å²) < 4.78 is 5.16. The van der Waals surface area contributed by atoms with Crippen LogP contribution in [0.1, 0.15) is 18.5 Å². The van der Waals surface area contributed by atoms with E-state index >= 15 is 0 Å². The molecule has 0 saturated carbocycles. The molecule has 5 nitrogen and oxygen atoms in total. The first-order chi connectivity index (χ1) is 9.51. The largest absolute Gasteiger partial charge is 0.497 e. The number of nitrogens with zero attached hydrogens (tertiary/aromatic N) is 3. The molecule has 0 bridgehead atoms. The molecular weight excluding hydrogens is 276 g/mol. The normalized spacial score (nSPS) is 12.0. The number of rotatable bonds is 4. The summed E-state index contributed by atoms with van der Waals surface area (Å²) in [5.74, 6) is 1.69. The van der Waals surface area contributed by atoms with Crippen molar-refractivity contribution >= 4 is 23.4 Å². The van der Waals surface area contributed by atoms with Gasteiger partial charge < -0.3 is 15.4 Å². The van der Waals surface area contributed by atoms with Crippen LogP contribution in [0.25, 0.3) is 0 Å². The Bertz CT molecular complexity index is 568. The van der Waals surface area contributed by atoms with Crippen LogP contribution >= 0.6 is 11.6 Å². The molecule has 0 aliphatic rings. The van der Waals surface area contributed by atoms with Crippen LogP contribution in [0.3, 0.4) is 0 Å². The number of anilines is 2. The van der Waals surface area contributed by atoms with Gasteiger partial charge in [0.1, 0.15) is 16.7 Å². The Morgan fingerprint density at radius 1 is 1.25 bits per heavy atom. The van der Waals surface area contributed by atoms with Crippen molar-refractivity contribution in [1.82, 2.24) is 9.97 Å². The smallest absolute Gasteiger partial charge is 0.223 e. The van der Waals surface area contributed by atoms with Gasteiger partial charge in [-0.15, -0.1) is 0 Å². The molecule has 2 N–H and O–H groups in total. The van der Waals surface area contributed by atoms with E-state index in [-0.39, 0.29) is 12.0 Å². The Labute approximate surface area is 123 Å². The molecule has 2 aromatic rings. The Morgan fingerprint density at radius 2 is 1.90 bits per heavy atom. The van der Waals surface area contributed by atoms with Crippen molar-refractivity contribution in [1.29, 1.82) is 0 Å². The predicted octanol–water partition coefficient (Wildman–Crippen LogP) is 2.92. The molecular formula is C14H17ClN4O. The first-order valence-corrected chi connectivity index (χ1v) is 6.56. The van der Waals surface area contributed by atoms with Crippen molar-refractivity contribution in [2.45, 2.75) is 13.0 Å². The number of hydrogen-bond acceptors (Lipinski definition) is 5. The molecule has 0 amide bonds. The van der Waals surface area contributed by atoms with E-state index in [0.29, 0.717) is 11.0 Å². The van der Waals surface area contributed by atoms with E-state index in [4.69, 9.17) is 22.1 Å². The van der Waals surface area contributed by atoms with E-state index in [9.17, 15) is 0 Å². The molecule has 0 aliphatic heterocycles. The number of nitrogens with two attached hydrogens (primary N) is 1. The average Bonchev–Trinajstić information content (AvgIpc) is 2.45. The van der Waals surface area contributed by atoms with Gasteiger partial charge in [-0.2, -0.15) is 4.98 Å². The maximum Gasteiger partial charge on any atom is 0.223 e. The SMILES string of the molecule is COc1ccc(C(C)N(C)c2cc(Cl)nc(N)n2)cc1. The lowest BCUT2D eigenvalue weighted by Gasteiger charge is -2.26. The number of nitrogen functional groups attached to an aromatic ring is 1. The summed E-state index contributed by atoms with van der Waals surface area (Å²) in [6, 6.07) is 9.71. The van der Waals surface area contributed by atoms with Crippen LogP contribution in [-0.2, 0) is 0 Å². The molecule has 0 radical (unpaired) electrons. The lowest BCUT2D eigenvalue weighted by molar-refractivity contribution is 0.414. The van der Waals surface area contributed by atoms with Crippen molar-refractivity contribution in [2.24, 2.45) is 0 Å². The summed E-state index contributed by atoms with van der Waals surface area (Å²) in [5.41, 5.74) is 6.76. The van der Waals surface area contributed by atoms with Crippen molar-refractivity contribution in [3.63, 3.8) is 0 Å². The fourth-order valence-electron chi connectivity index (χ4n) is 1.91. The Balaban J connectivity index is 2.24. The van der Waals surface area contributed by atoms with E-state index in [1.165, 1.54) is 0 Å². The van der Waals surface area contributed by atoms with Gasteiger partial charge in [0, 0.05) is 13.1 Å². The highest BCUT2D eigenvalue weighted by atomic mass is 35.5. The lowest BCUT2D eigenvalue weighted by Crippen LogP contribution is -2.23. The zero-order chi connectivity index (χ0) is 14.7. The first-order valence-electron chi connectivity index (χ1n) is 6.18. The maximum absolute atomic E-state index is 5.91. The van der Waals surface area contributed by atoms with Crippen LogP contribution in [0.4, 0.5) is 11.8 Å². The third-order valence-corrected chi connectivity index (χ3v) is 3.43. The highest BCUT2D eigenvalue weighted by Crippen LogP contribution is 2.26. The van der Waals surface area contributed by atoms with E-state index in [0.717, 1.165) is 11.3 Å². The summed E-state index contributed by atoms with van der Waals surface area (Å²) in [7, 11) is 3.59. The minimum atomic E-state index is 0.117. The molecule has 1 aromatic carbocycles. The van der Waals surface area contributed by atoms with Gasteiger partial charge in [-0.3, -0.25) is 0 Å².